The minimum atomic E-state index is 0. The van der Waals surface area contributed by atoms with Crippen molar-refractivity contribution >= 4 is 0 Å². The van der Waals surface area contributed by atoms with E-state index in [1.54, 1.807) is 0 Å². The zero-order chi connectivity index (χ0) is 9.78. The molecule has 0 aromatic rings. The van der Waals surface area contributed by atoms with Gasteiger partial charge in [-0.05, 0) is 23.7 Å². The van der Waals surface area contributed by atoms with Crippen molar-refractivity contribution in [3.8, 4) is 0 Å². The summed E-state index contributed by atoms with van der Waals surface area (Å²) in [7, 11) is 0. The van der Waals surface area contributed by atoms with E-state index in [1.807, 2.05) is 0 Å². The van der Waals surface area contributed by atoms with Crippen molar-refractivity contribution in [1.82, 2.24) is 0 Å². The second-order valence-electron chi connectivity index (χ2n) is 4.98. The van der Waals surface area contributed by atoms with E-state index in [-0.39, 0.29) is 7.43 Å². The molecule has 0 unspecified atom stereocenters. The molecule has 0 bridgehead atoms. The van der Waals surface area contributed by atoms with E-state index < -0.39 is 0 Å². The van der Waals surface area contributed by atoms with Crippen molar-refractivity contribution in [3.05, 3.63) is 0 Å². The Morgan fingerprint density at radius 2 is 1.54 bits per heavy atom. The molecule has 1 atom stereocenters. The highest BCUT2D eigenvalue weighted by molar-refractivity contribution is 4.78. The second kappa shape index (κ2) is 6.45. The summed E-state index contributed by atoms with van der Waals surface area (Å²) in [6.45, 7) is 14.1. The highest BCUT2D eigenvalue weighted by Gasteiger charge is 2.28. The highest BCUT2D eigenvalue weighted by Crippen LogP contribution is 2.38. The molecular formula is C13H30. The average Bonchev–Trinajstić information content (AvgIpc) is 1.99. The van der Waals surface area contributed by atoms with E-state index in [0.717, 1.165) is 11.8 Å². The van der Waals surface area contributed by atoms with Gasteiger partial charge in [-0.3, -0.25) is 0 Å². The van der Waals surface area contributed by atoms with Crippen LogP contribution in [-0.2, 0) is 0 Å². The maximum atomic E-state index is 2.41. The van der Waals surface area contributed by atoms with Crippen LogP contribution >= 0.6 is 0 Å². The topological polar surface area (TPSA) is 0 Å². The molecule has 13 heavy (non-hydrogen) atoms. The molecule has 82 valence electrons. The third kappa shape index (κ3) is 4.69. The third-order valence-electron chi connectivity index (χ3n) is 3.32. The summed E-state index contributed by atoms with van der Waals surface area (Å²) in [6.07, 6.45) is 4.01. The summed E-state index contributed by atoms with van der Waals surface area (Å²) in [6, 6.07) is 0. The van der Waals surface area contributed by atoms with Crippen molar-refractivity contribution in [3.63, 3.8) is 0 Å². The predicted octanol–water partition coefficient (Wildman–Crippen LogP) is 5.13. The highest BCUT2D eigenvalue weighted by atomic mass is 14.3. The van der Waals surface area contributed by atoms with Crippen molar-refractivity contribution in [2.45, 2.75) is 68.2 Å². The lowest BCUT2D eigenvalue weighted by Gasteiger charge is -2.36. The van der Waals surface area contributed by atoms with Crippen molar-refractivity contribution in [2.24, 2.45) is 17.3 Å². The van der Waals surface area contributed by atoms with Gasteiger partial charge in [-0.2, -0.15) is 0 Å². The first kappa shape index (κ1) is 15.5. The maximum absolute atomic E-state index is 2.41. The first-order valence-corrected chi connectivity index (χ1v) is 5.45. The lowest BCUT2D eigenvalue weighted by atomic mass is 9.69. The van der Waals surface area contributed by atoms with Gasteiger partial charge in [0.2, 0.25) is 0 Å². The monoisotopic (exact) mass is 186 g/mol. The SMILES string of the molecule is C.CCC[C@H](C(C)C)C(C)(C)CC. The van der Waals surface area contributed by atoms with Gasteiger partial charge in [0.25, 0.3) is 0 Å². The fraction of sp³-hybridized carbons (Fsp3) is 1.00. The summed E-state index contributed by atoms with van der Waals surface area (Å²) in [5.41, 5.74) is 0.532. The molecule has 0 aliphatic heterocycles. The predicted molar refractivity (Wildman–Crippen MR) is 64.0 cm³/mol. The van der Waals surface area contributed by atoms with Crippen molar-refractivity contribution in [1.29, 1.82) is 0 Å². The molecule has 0 aliphatic carbocycles. The van der Waals surface area contributed by atoms with Crippen LogP contribution in [0.5, 0.6) is 0 Å². The Labute approximate surface area is 86.1 Å². The summed E-state index contributed by atoms with van der Waals surface area (Å²) < 4.78 is 0. The van der Waals surface area contributed by atoms with Crippen LogP contribution in [0.3, 0.4) is 0 Å². The molecule has 0 nitrogen and oxygen atoms in total. The molecule has 0 amide bonds. The Hall–Kier alpha value is 0. The first-order chi connectivity index (χ1) is 5.45. The van der Waals surface area contributed by atoms with Gasteiger partial charge in [0, 0.05) is 0 Å². The van der Waals surface area contributed by atoms with Gasteiger partial charge in [-0.25, -0.2) is 0 Å². The molecule has 0 radical (unpaired) electrons. The van der Waals surface area contributed by atoms with Crippen LogP contribution < -0.4 is 0 Å². The summed E-state index contributed by atoms with van der Waals surface area (Å²) in [5, 5.41) is 0. The van der Waals surface area contributed by atoms with Gasteiger partial charge < -0.3 is 0 Å². The largest absolute Gasteiger partial charge is 0.0776 e. The van der Waals surface area contributed by atoms with Crippen LogP contribution in [-0.4, -0.2) is 0 Å². The number of hydrogen-bond donors (Lipinski definition) is 0. The second-order valence-corrected chi connectivity index (χ2v) is 4.98. The standard InChI is InChI=1S/C12H26.CH4/c1-7-9-11(10(3)4)12(5,6)8-2;/h10-11H,7-9H2,1-6H3;1H4/t11-;/m1./s1. The van der Waals surface area contributed by atoms with Crippen LogP contribution in [0.1, 0.15) is 68.2 Å². The molecule has 0 fully saturated rings. The normalized spacial score (nSPS) is 14.1. The molecule has 0 heterocycles. The minimum absolute atomic E-state index is 0. The van der Waals surface area contributed by atoms with Crippen LogP contribution in [0.25, 0.3) is 0 Å². The molecule has 0 heteroatoms. The molecule has 0 aromatic heterocycles. The maximum Gasteiger partial charge on any atom is -0.0326 e. The van der Waals surface area contributed by atoms with Crippen LogP contribution in [0.2, 0.25) is 0 Å². The Morgan fingerprint density at radius 1 is 1.08 bits per heavy atom. The quantitative estimate of drug-likeness (QED) is 0.558. The molecular weight excluding hydrogens is 156 g/mol. The molecule has 0 aromatic carbocycles. The van der Waals surface area contributed by atoms with Gasteiger partial charge in [-0.1, -0.05) is 61.8 Å². The van der Waals surface area contributed by atoms with Crippen LogP contribution in [0, 0.1) is 17.3 Å². The van der Waals surface area contributed by atoms with Crippen molar-refractivity contribution < 1.29 is 0 Å². The summed E-state index contributed by atoms with van der Waals surface area (Å²) in [5.74, 6) is 1.73. The van der Waals surface area contributed by atoms with E-state index in [0.29, 0.717) is 5.41 Å². The Balaban J connectivity index is 0. The van der Waals surface area contributed by atoms with E-state index in [4.69, 9.17) is 0 Å². The lowest BCUT2D eigenvalue weighted by molar-refractivity contribution is 0.138. The zero-order valence-corrected chi connectivity index (χ0v) is 9.78. The number of hydrogen-bond acceptors (Lipinski definition) is 0. The molecule has 0 aliphatic rings. The fourth-order valence-electron chi connectivity index (χ4n) is 2.20. The Bertz CT molecular complexity index is 111. The first-order valence-electron chi connectivity index (χ1n) is 5.45. The van der Waals surface area contributed by atoms with E-state index in [9.17, 15) is 0 Å². The zero-order valence-electron chi connectivity index (χ0n) is 9.78. The smallest absolute Gasteiger partial charge is 0.0326 e. The Kier molecular flexibility index (Phi) is 7.68. The van der Waals surface area contributed by atoms with E-state index in [2.05, 4.69) is 41.5 Å². The van der Waals surface area contributed by atoms with Crippen LogP contribution in [0.4, 0.5) is 0 Å². The average molecular weight is 186 g/mol. The van der Waals surface area contributed by atoms with E-state index >= 15 is 0 Å². The molecule has 0 rings (SSSR count). The molecule has 0 saturated heterocycles. The van der Waals surface area contributed by atoms with E-state index in [1.165, 1.54) is 19.3 Å². The lowest BCUT2D eigenvalue weighted by Crippen LogP contribution is -2.27. The Morgan fingerprint density at radius 3 is 1.77 bits per heavy atom. The summed E-state index contributed by atoms with van der Waals surface area (Å²) >= 11 is 0. The molecule has 0 saturated carbocycles. The van der Waals surface area contributed by atoms with Gasteiger partial charge >= 0.3 is 0 Å². The number of rotatable bonds is 5. The van der Waals surface area contributed by atoms with Gasteiger partial charge in [0.15, 0.2) is 0 Å². The van der Waals surface area contributed by atoms with Gasteiger partial charge in [-0.15, -0.1) is 0 Å². The van der Waals surface area contributed by atoms with Crippen molar-refractivity contribution in [2.75, 3.05) is 0 Å². The third-order valence-corrected chi connectivity index (χ3v) is 3.32. The van der Waals surface area contributed by atoms with Crippen LogP contribution in [0.15, 0.2) is 0 Å². The summed E-state index contributed by atoms with van der Waals surface area (Å²) in [4.78, 5) is 0. The minimum Gasteiger partial charge on any atom is -0.0776 e. The van der Waals surface area contributed by atoms with Gasteiger partial charge in [0.05, 0.1) is 0 Å². The van der Waals surface area contributed by atoms with Gasteiger partial charge in [0.1, 0.15) is 0 Å². The fourth-order valence-corrected chi connectivity index (χ4v) is 2.20. The molecule has 0 N–H and O–H groups in total. The molecule has 0 spiro atoms.